The van der Waals surface area contributed by atoms with E-state index in [2.05, 4.69) is 10.00 Å². The van der Waals surface area contributed by atoms with Crippen molar-refractivity contribution in [1.82, 2.24) is 23.9 Å². The summed E-state index contributed by atoms with van der Waals surface area (Å²) in [6, 6.07) is 0. The van der Waals surface area contributed by atoms with Crippen LogP contribution in [-0.2, 0) is 30.0 Å². The average molecular weight is 341 g/mol. The van der Waals surface area contributed by atoms with Crippen LogP contribution in [0.15, 0.2) is 0 Å². The molecule has 0 aromatic carbocycles. The zero-order chi connectivity index (χ0) is 16.8. The molecule has 0 saturated carbocycles. The molecular formula is C14H23N5O3S. The van der Waals surface area contributed by atoms with Crippen LogP contribution >= 0.6 is 0 Å². The first kappa shape index (κ1) is 16.4. The lowest BCUT2D eigenvalue weighted by Gasteiger charge is -2.32. The highest BCUT2D eigenvalue weighted by Crippen LogP contribution is 2.24. The summed E-state index contributed by atoms with van der Waals surface area (Å²) in [4.78, 5) is 16.8. The van der Waals surface area contributed by atoms with Gasteiger partial charge in [0.15, 0.2) is 5.69 Å². The average Bonchev–Trinajstić information content (AvgIpc) is 2.83. The number of hydrogen-bond donors (Lipinski definition) is 0. The summed E-state index contributed by atoms with van der Waals surface area (Å²) in [6.07, 6.45) is 1.75. The van der Waals surface area contributed by atoms with Crippen molar-refractivity contribution in [2.24, 2.45) is 7.05 Å². The Kier molecular flexibility index (Phi) is 4.19. The molecule has 2 aliphatic rings. The third-order valence-corrected chi connectivity index (χ3v) is 5.92. The van der Waals surface area contributed by atoms with Gasteiger partial charge in [0.25, 0.3) is 5.91 Å². The minimum atomic E-state index is -3.23. The molecule has 23 heavy (non-hydrogen) atoms. The summed E-state index contributed by atoms with van der Waals surface area (Å²) >= 11 is 0. The summed E-state index contributed by atoms with van der Waals surface area (Å²) in [6.45, 7) is 3.83. The zero-order valence-electron chi connectivity index (χ0n) is 13.8. The first-order valence-corrected chi connectivity index (χ1v) is 9.60. The van der Waals surface area contributed by atoms with Crippen molar-refractivity contribution in [3.63, 3.8) is 0 Å². The van der Waals surface area contributed by atoms with E-state index in [0.29, 0.717) is 31.7 Å². The highest BCUT2D eigenvalue weighted by Gasteiger charge is 2.32. The number of sulfonamides is 1. The van der Waals surface area contributed by atoms with Crippen LogP contribution in [0.5, 0.6) is 0 Å². The Bertz CT molecular complexity index is 719. The van der Waals surface area contributed by atoms with E-state index < -0.39 is 10.0 Å². The smallest absolute Gasteiger partial charge is 0.274 e. The van der Waals surface area contributed by atoms with E-state index in [0.717, 1.165) is 24.3 Å². The number of hydrogen-bond acceptors (Lipinski definition) is 5. The van der Waals surface area contributed by atoms with Crippen molar-refractivity contribution >= 4 is 15.9 Å². The van der Waals surface area contributed by atoms with Gasteiger partial charge in [-0.05, 0) is 13.5 Å². The number of nitrogens with zero attached hydrogens (tertiary/aromatic N) is 5. The van der Waals surface area contributed by atoms with E-state index in [1.807, 2.05) is 11.9 Å². The molecule has 9 heteroatoms. The van der Waals surface area contributed by atoms with Crippen molar-refractivity contribution in [2.45, 2.75) is 13.0 Å². The van der Waals surface area contributed by atoms with Gasteiger partial charge < -0.3 is 9.80 Å². The highest BCUT2D eigenvalue weighted by molar-refractivity contribution is 7.88. The van der Waals surface area contributed by atoms with Crippen LogP contribution in [0.2, 0.25) is 0 Å². The largest absolute Gasteiger partial charge is 0.335 e. The van der Waals surface area contributed by atoms with E-state index in [1.54, 1.807) is 11.7 Å². The molecule has 3 rings (SSSR count). The predicted octanol–water partition coefficient (Wildman–Crippen LogP) is -0.875. The predicted molar refractivity (Wildman–Crippen MR) is 85.6 cm³/mol. The van der Waals surface area contributed by atoms with Gasteiger partial charge in [-0.2, -0.15) is 9.40 Å². The number of aromatic nitrogens is 2. The molecule has 0 bridgehead atoms. The summed E-state index contributed by atoms with van der Waals surface area (Å²) < 4.78 is 26.6. The van der Waals surface area contributed by atoms with Gasteiger partial charge in [0, 0.05) is 45.3 Å². The third-order valence-electron chi connectivity index (χ3n) is 4.67. The quantitative estimate of drug-likeness (QED) is 0.698. The van der Waals surface area contributed by atoms with Crippen LogP contribution in [0.1, 0.15) is 21.7 Å². The SMILES string of the molecule is CN1CCN(C(=O)c2nn(C)c3c2CCN(S(C)(=O)=O)C3)CC1. The van der Waals surface area contributed by atoms with Gasteiger partial charge in [0.05, 0.1) is 18.5 Å². The second-order valence-corrected chi connectivity index (χ2v) is 8.32. The number of fused-ring (bicyclic) bond motifs is 1. The molecule has 1 aromatic rings. The summed E-state index contributed by atoms with van der Waals surface area (Å²) in [5, 5.41) is 4.39. The van der Waals surface area contributed by atoms with Gasteiger partial charge in [-0.3, -0.25) is 9.48 Å². The lowest BCUT2D eigenvalue weighted by molar-refractivity contribution is 0.0656. The van der Waals surface area contributed by atoms with Crippen molar-refractivity contribution in [2.75, 3.05) is 46.0 Å². The lowest BCUT2D eigenvalue weighted by atomic mass is 10.0. The van der Waals surface area contributed by atoms with Gasteiger partial charge in [0.2, 0.25) is 10.0 Å². The van der Waals surface area contributed by atoms with E-state index in [-0.39, 0.29) is 12.5 Å². The molecule has 1 amide bonds. The Hall–Kier alpha value is -1.45. The fraction of sp³-hybridized carbons (Fsp3) is 0.714. The van der Waals surface area contributed by atoms with Crippen molar-refractivity contribution < 1.29 is 13.2 Å². The van der Waals surface area contributed by atoms with Gasteiger partial charge in [-0.25, -0.2) is 8.42 Å². The molecular weight excluding hydrogens is 318 g/mol. The number of amides is 1. The first-order valence-electron chi connectivity index (χ1n) is 7.75. The van der Waals surface area contributed by atoms with Crippen LogP contribution < -0.4 is 0 Å². The lowest BCUT2D eigenvalue weighted by Crippen LogP contribution is -2.47. The maximum absolute atomic E-state index is 12.8. The maximum Gasteiger partial charge on any atom is 0.274 e. The van der Waals surface area contributed by atoms with Crippen LogP contribution in [0, 0.1) is 0 Å². The molecule has 2 aliphatic heterocycles. The van der Waals surface area contributed by atoms with Gasteiger partial charge >= 0.3 is 0 Å². The van der Waals surface area contributed by atoms with E-state index in [1.165, 1.54) is 10.6 Å². The molecule has 0 aliphatic carbocycles. The second kappa shape index (κ2) is 5.88. The number of carbonyl (C=O) groups is 1. The van der Waals surface area contributed by atoms with Crippen molar-refractivity contribution in [3.8, 4) is 0 Å². The van der Waals surface area contributed by atoms with E-state index >= 15 is 0 Å². The summed E-state index contributed by atoms with van der Waals surface area (Å²) in [5.41, 5.74) is 2.20. The van der Waals surface area contributed by atoms with Gasteiger partial charge in [-0.1, -0.05) is 0 Å². The molecule has 3 heterocycles. The molecule has 128 valence electrons. The molecule has 0 N–H and O–H groups in total. The van der Waals surface area contributed by atoms with Crippen LogP contribution in [0.25, 0.3) is 0 Å². The molecule has 8 nitrogen and oxygen atoms in total. The van der Waals surface area contributed by atoms with Gasteiger partial charge in [0.1, 0.15) is 0 Å². The Labute approximate surface area is 136 Å². The zero-order valence-corrected chi connectivity index (χ0v) is 14.6. The Morgan fingerprint density at radius 2 is 1.74 bits per heavy atom. The van der Waals surface area contributed by atoms with Gasteiger partial charge in [-0.15, -0.1) is 0 Å². The number of piperazine rings is 1. The molecule has 1 saturated heterocycles. The molecule has 0 spiro atoms. The molecule has 0 atom stereocenters. The fourth-order valence-corrected chi connectivity index (χ4v) is 3.94. The number of aryl methyl sites for hydroxylation is 1. The molecule has 0 radical (unpaired) electrons. The number of likely N-dealkylation sites (N-methyl/N-ethyl adjacent to an activating group) is 1. The Balaban J connectivity index is 1.85. The fourth-order valence-electron chi connectivity index (χ4n) is 3.16. The van der Waals surface area contributed by atoms with Crippen molar-refractivity contribution in [1.29, 1.82) is 0 Å². The molecule has 1 fully saturated rings. The summed E-state index contributed by atoms with van der Waals surface area (Å²) in [5.74, 6) is -0.0391. The highest BCUT2D eigenvalue weighted by atomic mass is 32.2. The monoisotopic (exact) mass is 341 g/mol. The number of rotatable bonds is 2. The number of carbonyl (C=O) groups excluding carboxylic acids is 1. The second-order valence-electron chi connectivity index (χ2n) is 6.34. The van der Waals surface area contributed by atoms with Crippen LogP contribution in [0.3, 0.4) is 0 Å². The topological polar surface area (TPSA) is 78.8 Å². The van der Waals surface area contributed by atoms with Crippen molar-refractivity contribution in [3.05, 3.63) is 17.0 Å². The van der Waals surface area contributed by atoms with E-state index in [9.17, 15) is 13.2 Å². The Morgan fingerprint density at radius 1 is 1.09 bits per heavy atom. The van der Waals surface area contributed by atoms with Crippen LogP contribution in [0.4, 0.5) is 0 Å². The maximum atomic E-state index is 12.8. The minimum Gasteiger partial charge on any atom is -0.335 e. The standard InChI is InChI=1S/C14H23N5O3S/c1-16-6-8-18(9-7-16)14(20)13-11-4-5-19(23(3,21)22)10-12(11)17(2)15-13/h4-10H2,1-3H3. The summed E-state index contributed by atoms with van der Waals surface area (Å²) in [7, 11) is 0.583. The molecule has 0 unspecified atom stereocenters. The normalized spacial score (nSPS) is 20.6. The third kappa shape index (κ3) is 3.13. The molecule has 1 aromatic heterocycles. The Morgan fingerprint density at radius 3 is 2.35 bits per heavy atom. The first-order chi connectivity index (χ1) is 10.8. The van der Waals surface area contributed by atoms with E-state index in [4.69, 9.17) is 0 Å². The van der Waals surface area contributed by atoms with Crippen LogP contribution in [-0.4, -0.2) is 84.2 Å². The minimum absolute atomic E-state index is 0.0391.